The molecule has 2 atom stereocenters. The van der Waals surface area contributed by atoms with Crippen molar-refractivity contribution >= 4 is 11.7 Å². The number of hydrogen-bond donors (Lipinski definition) is 2. The average molecular weight is 371 g/mol. The topological polar surface area (TPSA) is 81.1 Å². The first-order valence-corrected chi connectivity index (χ1v) is 9.82. The standard InChI is InChI=1S/C20H29N5O2/c1-3-25-14-22-24-19(25)16-8-6-9-17(13-16)23-20(26)21-11-12-27-18-10-5-4-7-15(18)2/h6,8-9,13-15,18H,3-5,7,10-12H2,1-2H3,(H2,21,23,26)/t15-,18+/m0/s1. The second-order valence-corrected chi connectivity index (χ2v) is 7.07. The lowest BCUT2D eigenvalue weighted by molar-refractivity contribution is -0.00232. The van der Waals surface area contributed by atoms with E-state index in [1.54, 1.807) is 6.33 Å². The van der Waals surface area contributed by atoms with Gasteiger partial charge in [0.25, 0.3) is 0 Å². The minimum atomic E-state index is -0.232. The predicted molar refractivity (Wildman–Crippen MR) is 106 cm³/mol. The molecule has 27 heavy (non-hydrogen) atoms. The van der Waals surface area contributed by atoms with Gasteiger partial charge in [-0.3, -0.25) is 0 Å². The zero-order valence-corrected chi connectivity index (χ0v) is 16.1. The van der Waals surface area contributed by atoms with Gasteiger partial charge >= 0.3 is 6.03 Å². The van der Waals surface area contributed by atoms with E-state index in [1.165, 1.54) is 19.3 Å². The Morgan fingerprint density at radius 2 is 2.19 bits per heavy atom. The van der Waals surface area contributed by atoms with E-state index in [4.69, 9.17) is 4.74 Å². The lowest BCUT2D eigenvalue weighted by Crippen LogP contribution is -2.34. The lowest BCUT2D eigenvalue weighted by Gasteiger charge is -2.28. The second kappa shape index (κ2) is 9.50. The highest BCUT2D eigenvalue weighted by Gasteiger charge is 2.21. The zero-order chi connectivity index (χ0) is 19.1. The molecule has 0 saturated heterocycles. The van der Waals surface area contributed by atoms with Gasteiger partial charge in [-0.2, -0.15) is 0 Å². The molecule has 7 heteroatoms. The number of aryl methyl sites for hydroxylation is 1. The van der Waals surface area contributed by atoms with Crippen molar-refractivity contribution in [3.05, 3.63) is 30.6 Å². The first-order chi connectivity index (χ1) is 13.2. The summed E-state index contributed by atoms with van der Waals surface area (Å²) < 4.78 is 7.89. The van der Waals surface area contributed by atoms with E-state index in [0.29, 0.717) is 25.2 Å². The first kappa shape index (κ1) is 19.4. The predicted octanol–water partition coefficient (Wildman–Crippen LogP) is 3.68. The van der Waals surface area contributed by atoms with Crippen molar-refractivity contribution in [1.29, 1.82) is 0 Å². The molecule has 1 aliphatic carbocycles. The molecule has 1 aromatic carbocycles. The molecule has 1 fully saturated rings. The lowest BCUT2D eigenvalue weighted by atomic mass is 9.88. The maximum Gasteiger partial charge on any atom is 0.319 e. The third kappa shape index (κ3) is 5.29. The normalized spacial score (nSPS) is 19.6. The number of hydrogen-bond acceptors (Lipinski definition) is 4. The van der Waals surface area contributed by atoms with Crippen LogP contribution in [-0.4, -0.2) is 40.1 Å². The van der Waals surface area contributed by atoms with Crippen molar-refractivity contribution < 1.29 is 9.53 Å². The summed E-state index contributed by atoms with van der Waals surface area (Å²) in [7, 11) is 0. The number of nitrogens with one attached hydrogen (secondary N) is 2. The number of carbonyl (C=O) groups is 1. The molecule has 2 amide bonds. The van der Waals surface area contributed by atoms with Crippen LogP contribution in [0.1, 0.15) is 39.5 Å². The van der Waals surface area contributed by atoms with Crippen LogP contribution in [-0.2, 0) is 11.3 Å². The van der Waals surface area contributed by atoms with E-state index >= 15 is 0 Å². The van der Waals surface area contributed by atoms with E-state index < -0.39 is 0 Å². The summed E-state index contributed by atoms with van der Waals surface area (Å²) in [5.41, 5.74) is 1.64. The molecular weight excluding hydrogens is 342 g/mol. The van der Waals surface area contributed by atoms with Crippen LogP contribution in [0.25, 0.3) is 11.4 Å². The quantitative estimate of drug-likeness (QED) is 0.728. The van der Waals surface area contributed by atoms with Gasteiger partial charge in [0.05, 0.1) is 12.7 Å². The fraction of sp³-hybridized carbons (Fsp3) is 0.550. The van der Waals surface area contributed by atoms with Crippen LogP contribution in [0.5, 0.6) is 0 Å². The van der Waals surface area contributed by atoms with Crippen molar-refractivity contribution in [1.82, 2.24) is 20.1 Å². The number of amides is 2. The number of anilines is 1. The van der Waals surface area contributed by atoms with Crippen LogP contribution < -0.4 is 10.6 Å². The van der Waals surface area contributed by atoms with E-state index in [-0.39, 0.29) is 6.03 Å². The average Bonchev–Trinajstić information content (AvgIpc) is 3.15. The Bertz CT molecular complexity index is 745. The number of rotatable bonds is 7. The number of benzene rings is 1. The Kier molecular flexibility index (Phi) is 6.81. The van der Waals surface area contributed by atoms with Gasteiger partial charge in [-0.25, -0.2) is 4.79 Å². The van der Waals surface area contributed by atoms with E-state index in [1.807, 2.05) is 35.8 Å². The van der Waals surface area contributed by atoms with E-state index in [0.717, 1.165) is 30.0 Å². The molecule has 3 rings (SSSR count). The molecule has 0 spiro atoms. The third-order valence-electron chi connectivity index (χ3n) is 5.09. The van der Waals surface area contributed by atoms with Crippen LogP contribution in [0.4, 0.5) is 10.5 Å². The molecule has 1 saturated carbocycles. The molecule has 2 aromatic rings. The van der Waals surface area contributed by atoms with Gasteiger partial charge < -0.3 is 19.9 Å². The molecule has 7 nitrogen and oxygen atoms in total. The monoisotopic (exact) mass is 371 g/mol. The van der Waals surface area contributed by atoms with Crippen LogP contribution >= 0.6 is 0 Å². The maximum absolute atomic E-state index is 12.1. The minimum Gasteiger partial charge on any atom is -0.376 e. The molecule has 1 aromatic heterocycles. The Balaban J connectivity index is 1.46. The van der Waals surface area contributed by atoms with Gasteiger partial charge in [-0.1, -0.05) is 31.9 Å². The van der Waals surface area contributed by atoms with Crippen molar-refractivity contribution in [3.63, 3.8) is 0 Å². The van der Waals surface area contributed by atoms with Gasteiger partial charge in [-0.15, -0.1) is 10.2 Å². The van der Waals surface area contributed by atoms with Crippen LogP contribution in [0, 0.1) is 5.92 Å². The van der Waals surface area contributed by atoms with Gasteiger partial charge in [0.1, 0.15) is 6.33 Å². The SMILES string of the molecule is CCn1cnnc1-c1cccc(NC(=O)NCCO[C@@H]2CCCC[C@@H]2C)c1. The molecule has 146 valence electrons. The summed E-state index contributed by atoms with van der Waals surface area (Å²) in [6, 6.07) is 7.38. The summed E-state index contributed by atoms with van der Waals surface area (Å²) in [5, 5.41) is 13.8. The minimum absolute atomic E-state index is 0.232. The van der Waals surface area contributed by atoms with Gasteiger partial charge in [0.2, 0.25) is 0 Å². The van der Waals surface area contributed by atoms with Crippen LogP contribution in [0.15, 0.2) is 30.6 Å². The van der Waals surface area contributed by atoms with Crippen molar-refractivity contribution in [3.8, 4) is 11.4 Å². The van der Waals surface area contributed by atoms with E-state index in [9.17, 15) is 4.79 Å². The summed E-state index contributed by atoms with van der Waals surface area (Å²) in [5.74, 6) is 1.40. The first-order valence-electron chi connectivity index (χ1n) is 9.82. The Hall–Kier alpha value is -2.41. The molecule has 0 bridgehead atoms. The molecule has 2 N–H and O–H groups in total. The summed E-state index contributed by atoms with van der Waals surface area (Å²) >= 11 is 0. The number of aromatic nitrogens is 3. The number of carbonyl (C=O) groups excluding carboxylic acids is 1. The van der Waals surface area contributed by atoms with Crippen molar-refractivity contribution in [2.24, 2.45) is 5.92 Å². The van der Waals surface area contributed by atoms with Crippen LogP contribution in [0.3, 0.4) is 0 Å². The van der Waals surface area contributed by atoms with Gasteiger partial charge in [0, 0.05) is 24.3 Å². The Morgan fingerprint density at radius 3 is 3.00 bits per heavy atom. The molecule has 0 unspecified atom stereocenters. The van der Waals surface area contributed by atoms with Gasteiger partial charge in [-0.05, 0) is 37.8 Å². The largest absolute Gasteiger partial charge is 0.376 e. The Morgan fingerprint density at radius 1 is 1.33 bits per heavy atom. The highest BCUT2D eigenvalue weighted by Crippen LogP contribution is 2.26. The summed E-state index contributed by atoms with van der Waals surface area (Å²) in [6.45, 7) is 6.12. The van der Waals surface area contributed by atoms with E-state index in [2.05, 4.69) is 27.8 Å². The third-order valence-corrected chi connectivity index (χ3v) is 5.09. The number of urea groups is 1. The maximum atomic E-state index is 12.1. The van der Waals surface area contributed by atoms with Crippen LogP contribution in [0.2, 0.25) is 0 Å². The summed E-state index contributed by atoms with van der Waals surface area (Å²) in [6.07, 6.45) is 6.94. The highest BCUT2D eigenvalue weighted by molar-refractivity contribution is 5.89. The van der Waals surface area contributed by atoms with Crippen molar-refractivity contribution in [2.75, 3.05) is 18.5 Å². The molecule has 0 radical (unpaired) electrons. The summed E-state index contributed by atoms with van der Waals surface area (Å²) in [4.78, 5) is 12.1. The molecule has 1 aliphatic rings. The molecular formula is C20H29N5O2. The number of ether oxygens (including phenoxy) is 1. The Labute approximate surface area is 160 Å². The van der Waals surface area contributed by atoms with Gasteiger partial charge in [0.15, 0.2) is 5.82 Å². The second-order valence-electron chi connectivity index (χ2n) is 7.07. The van der Waals surface area contributed by atoms with Crippen molar-refractivity contribution in [2.45, 2.75) is 52.2 Å². The molecule has 1 heterocycles. The molecule has 0 aliphatic heterocycles. The fourth-order valence-corrected chi connectivity index (χ4v) is 3.53. The zero-order valence-electron chi connectivity index (χ0n) is 16.1. The fourth-order valence-electron chi connectivity index (χ4n) is 3.53. The highest BCUT2D eigenvalue weighted by atomic mass is 16.5. The number of nitrogens with zero attached hydrogens (tertiary/aromatic N) is 3. The smallest absolute Gasteiger partial charge is 0.319 e.